The summed E-state index contributed by atoms with van der Waals surface area (Å²) in [5.41, 5.74) is 2.93. The second-order valence-electron chi connectivity index (χ2n) is 7.84. The van der Waals surface area contributed by atoms with Gasteiger partial charge in [0.2, 0.25) is 0 Å². The van der Waals surface area contributed by atoms with Crippen LogP contribution in [0.4, 0.5) is 0 Å². The highest BCUT2D eigenvalue weighted by Gasteiger charge is 2.33. The van der Waals surface area contributed by atoms with E-state index < -0.39 is 0 Å². The van der Waals surface area contributed by atoms with Crippen molar-refractivity contribution in [3.8, 4) is 11.5 Å². The van der Waals surface area contributed by atoms with E-state index in [1.165, 1.54) is 0 Å². The van der Waals surface area contributed by atoms with Gasteiger partial charge in [0, 0.05) is 23.4 Å². The molecule has 0 aliphatic carbocycles. The van der Waals surface area contributed by atoms with E-state index in [0.717, 1.165) is 22.0 Å². The predicted molar refractivity (Wildman–Crippen MR) is 124 cm³/mol. The van der Waals surface area contributed by atoms with Gasteiger partial charge in [0.05, 0.1) is 17.5 Å². The fourth-order valence-electron chi connectivity index (χ4n) is 4.21. The average molecular weight is 446 g/mol. The van der Waals surface area contributed by atoms with Gasteiger partial charge >= 0.3 is 5.97 Å². The lowest BCUT2D eigenvalue weighted by Gasteiger charge is -2.26. The number of aryl methyl sites for hydroxylation is 1. The third-order valence-corrected chi connectivity index (χ3v) is 6.04. The minimum Gasteiger partial charge on any atom is -0.489 e. The van der Waals surface area contributed by atoms with Crippen LogP contribution in [0.3, 0.4) is 0 Å². The molecule has 0 N–H and O–H groups in total. The number of nitrogens with zero attached hydrogens (tertiary/aromatic N) is 1. The van der Waals surface area contributed by atoms with Crippen LogP contribution in [0, 0.1) is 0 Å². The first kappa shape index (κ1) is 20.3. The number of halogens is 1. The molecule has 5 nitrogen and oxygen atoms in total. The lowest BCUT2D eigenvalue weighted by Crippen LogP contribution is -2.31. The van der Waals surface area contributed by atoms with Crippen LogP contribution in [0.5, 0.6) is 11.5 Å². The molecule has 32 heavy (non-hydrogen) atoms. The topological polar surface area (TPSA) is 57.5 Å². The van der Waals surface area contributed by atoms with Gasteiger partial charge in [-0.25, -0.2) is 0 Å². The summed E-state index contributed by atoms with van der Waals surface area (Å²) >= 11 is 6.03. The zero-order chi connectivity index (χ0) is 22.2. The van der Waals surface area contributed by atoms with E-state index in [2.05, 4.69) is 0 Å². The van der Waals surface area contributed by atoms with Crippen molar-refractivity contribution < 1.29 is 14.3 Å². The summed E-state index contributed by atoms with van der Waals surface area (Å²) in [6.07, 6.45) is 0.114. The Morgan fingerprint density at radius 1 is 1.03 bits per heavy atom. The number of hydrogen-bond donors (Lipinski definition) is 0. The Morgan fingerprint density at radius 3 is 2.59 bits per heavy atom. The fraction of sp³-hybridized carbons (Fsp3) is 0.154. The van der Waals surface area contributed by atoms with Gasteiger partial charge in [-0.05, 0) is 47.5 Å². The molecule has 4 aromatic rings. The van der Waals surface area contributed by atoms with Gasteiger partial charge in [-0.2, -0.15) is 0 Å². The fourth-order valence-corrected chi connectivity index (χ4v) is 4.42. The van der Waals surface area contributed by atoms with E-state index in [1.807, 2.05) is 72.8 Å². The van der Waals surface area contributed by atoms with Crippen LogP contribution in [0.1, 0.15) is 29.0 Å². The van der Waals surface area contributed by atoms with Crippen molar-refractivity contribution in [1.82, 2.24) is 4.57 Å². The van der Waals surface area contributed by atoms with Crippen molar-refractivity contribution in [3.63, 3.8) is 0 Å². The summed E-state index contributed by atoms with van der Waals surface area (Å²) < 4.78 is 13.0. The highest BCUT2D eigenvalue weighted by atomic mass is 35.5. The van der Waals surface area contributed by atoms with Crippen molar-refractivity contribution in [2.75, 3.05) is 0 Å². The molecule has 1 aliphatic rings. The Kier molecular flexibility index (Phi) is 5.19. The molecule has 3 aromatic carbocycles. The van der Waals surface area contributed by atoms with E-state index >= 15 is 0 Å². The van der Waals surface area contributed by atoms with E-state index in [1.54, 1.807) is 11.6 Å². The molecule has 2 heterocycles. The van der Waals surface area contributed by atoms with Crippen molar-refractivity contribution >= 4 is 28.5 Å². The zero-order valence-electron chi connectivity index (χ0n) is 17.4. The first-order valence-electron chi connectivity index (χ1n) is 10.3. The van der Waals surface area contributed by atoms with E-state index in [4.69, 9.17) is 21.1 Å². The second-order valence-corrected chi connectivity index (χ2v) is 8.28. The molecular weight excluding hydrogens is 426 g/mol. The van der Waals surface area contributed by atoms with Crippen LogP contribution in [0.2, 0.25) is 5.02 Å². The number of fused-ring (bicyclic) bond motifs is 3. The molecule has 1 aliphatic heterocycles. The number of ether oxygens (including phenoxy) is 2. The van der Waals surface area contributed by atoms with Gasteiger partial charge in [0.25, 0.3) is 5.56 Å². The Balaban J connectivity index is 1.48. The van der Waals surface area contributed by atoms with Gasteiger partial charge in [-0.3, -0.25) is 9.59 Å². The Hall–Kier alpha value is -3.57. The number of pyridine rings is 1. The Morgan fingerprint density at radius 2 is 1.81 bits per heavy atom. The number of hydrogen-bond acceptors (Lipinski definition) is 4. The van der Waals surface area contributed by atoms with Gasteiger partial charge < -0.3 is 14.0 Å². The number of benzene rings is 3. The normalized spacial score (nSPS) is 15.3. The molecule has 0 radical (unpaired) electrons. The number of carbonyl (C=O) groups excluding carboxylic acids is 1. The second kappa shape index (κ2) is 8.17. The highest BCUT2D eigenvalue weighted by molar-refractivity contribution is 6.30. The van der Waals surface area contributed by atoms with Crippen LogP contribution in [-0.4, -0.2) is 10.5 Å². The average Bonchev–Trinajstić information content (AvgIpc) is 2.81. The third-order valence-electron chi connectivity index (χ3n) is 5.80. The SMILES string of the molecule is Cn1c(=O)c2c(c3ccccc31)OC(=O)CC2c1ccc(OCc2cccc(Cl)c2)cc1. The molecule has 0 bridgehead atoms. The van der Waals surface area contributed by atoms with Crippen LogP contribution in [0.15, 0.2) is 77.6 Å². The zero-order valence-corrected chi connectivity index (χ0v) is 18.1. The molecule has 6 heteroatoms. The van der Waals surface area contributed by atoms with E-state index in [0.29, 0.717) is 28.7 Å². The largest absolute Gasteiger partial charge is 0.489 e. The lowest BCUT2D eigenvalue weighted by molar-refractivity contribution is -0.135. The molecule has 0 spiro atoms. The van der Waals surface area contributed by atoms with Gasteiger partial charge in [0.15, 0.2) is 0 Å². The molecular formula is C26H20ClNO4. The summed E-state index contributed by atoms with van der Waals surface area (Å²) in [6.45, 7) is 0.394. The molecule has 0 saturated carbocycles. The van der Waals surface area contributed by atoms with Crippen molar-refractivity contribution in [2.24, 2.45) is 7.05 Å². The minimum absolute atomic E-state index is 0.114. The number of aromatic nitrogens is 1. The minimum atomic E-state index is -0.378. The monoisotopic (exact) mass is 445 g/mol. The van der Waals surface area contributed by atoms with E-state index in [-0.39, 0.29) is 23.9 Å². The molecule has 5 rings (SSSR count). The van der Waals surface area contributed by atoms with E-state index in [9.17, 15) is 9.59 Å². The van der Waals surface area contributed by atoms with Gasteiger partial charge in [-0.1, -0.05) is 48.0 Å². The molecule has 1 aromatic heterocycles. The quantitative estimate of drug-likeness (QED) is 0.404. The predicted octanol–water partition coefficient (Wildman–Crippen LogP) is 5.21. The van der Waals surface area contributed by atoms with Crippen LogP contribution in [0.25, 0.3) is 10.9 Å². The molecule has 0 amide bonds. The van der Waals surface area contributed by atoms with Crippen LogP contribution in [-0.2, 0) is 18.4 Å². The van der Waals surface area contributed by atoms with Crippen LogP contribution < -0.4 is 15.0 Å². The molecule has 1 unspecified atom stereocenters. The number of carbonyl (C=O) groups is 1. The molecule has 0 saturated heterocycles. The molecule has 1 atom stereocenters. The smallest absolute Gasteiger partial charge is 0.312 e. The van der Waals surface area contributed by atoms with Gasteiger partial charge in [-0.15, -0.1) is 0 Å². The third kappa shape index (κ3) is 3.65. The highest BCUT2D eigenvalue weighted by Crippen LogP contribution is 2.40. The maximum absolute atomic E-state index is 13.2. The van der Waals surface area contributed by atoms with Gasteiger partial charge in [0.1, 0.15) is 18.1 Å². The Labute approximate surface area is 189 Å². The first-order chi connectivity index (χ1) is 15.5. The standard InChI is InChI=1S/C26H20ClNO4/c1-28-22-8-3-2-7-20(22)25-24(26(28)30)21(14-23(29)32-25)17-9-11-19(12-10-17)31-15-16-5-4-6-18(27)13-16/h2-13,21H,14-15H2,1H3. The number of para-hydroxylation sites is 1. The number of esters is 1. The Bertz CT molecular complexity index is 1390. The summed E-state index contributed by atoms with van der Waals surface area (Å²) in [5, 5.41) is 1.42. The first-order valence-corrected chi connectivity index (χ1v) is 10.7. The lowest BCUT2D eigenvalue weighted by atomic mass is 9.86. The summed E-state index contributed by atoms with van der Waals surface area (Å²) in [6, 6.07) is 22.5. The number of rotatable bonds is 4. The summed E-state index contributed by atoms with van der Waals surface area (Å²) in [5.74, 6) is 0.337. The van der Waals surface area contributed by atoms with Crippen molar-refractivity contribution in [3.05, 3.63) is 105 Å². The van der Waals surface area contributed by atoms with Crippen molar-refractivity contribution in [1.29, 1.82) is 0 Å². The summed E-state index contributed by atoms with van der Waals surface area (Å²) in [4.78, 5) is 25.6. The van der Waals surface area contributed by atoms with Crippen LogP contribution >= 0.6 is 11.6 Å². The molecule has 160 valence electrons. The molecule has 0 fully saturated rings. The maximum atomic E-state index is 13.2. The summed E-state index contributed by atoms with van der Waals surface area (Å²) in [7, 11) is 1.74. The van der Waals surface area contributed by atoms with Crippen molar-refractivity contribution in [2.45, 2.75) is 18.9 Å². The maximum Gasteiger partial charge on any atom is 0.312 e.